The summed E-state index contributed by atoms with van der Waals surface area (Å²) in [6.45, 7) is 4.20. The Bertz CT molecular complexity index is 522. The van der Waals surface area contributed by atoms with Crippen LogP contribution in [0.5, 0.6) is 0 Å². The monoisotopic (exact) mass is 293 g/mol. The van der Waals surface area contributed by atoms with Gasteiger partial charge in [-0.05, 0) is 42.3 Å². The lowest BCUT2D eigenvalue weighted by molar-refractivity contribution is 0.0930. The second kappa shape index (κ2) is 6.85. The SMILES string of the molecule is CCN(CC(=O)c1ccc(Cl)cc1)Cc1cccs1. The standard InChI is InChI=1S/C15H16ClNOS/c1-2-17(10-14-4-3-9-19-14)11-15(18)12-5-7-13(16)8-6-12/h3-9H,2,10-11H2,1H3. The number of benzene rings is 1. The Balaban J connectivity index is 1.98. The molecule has 2 rings (SSSR count). The molecule has 0 saturated heterocycles. The summed E-state index contributed by atoms with van der Waals surface area (Å²) in [5, 5.41) is 2.71. The average molecular weight is 294 g/mol. The summed E-state index contributed by atoms with van der Waals surface area (Å²) in [6.07, 6.45) is 0. The minimum absolute atomic E-state index is 0.134. The summed E-state index contributed by atoms with van der Waals surface area (Å²) in [7, 11) is 0. The molecule has 0 radical (unpaired) electrons. The topological polar surface area (TPSA) is 20.3 Å². The highest BCUT2D eigenvalue weighted by Crippen LogP contribution is 2.14. The molecule has 0 N–H and O–H groups in total. The summed E-state index contributed by atoms with van der Waals surface area (Å²) in [5.41, 5.74) is 0.717. The second-order valence-corrected chi connectivity index (χ2v) is 5.78. The summed E-state index contributed by atoms with van der Waals surface area (Å²) < 4.78 is 0. The Morgan fingerprint density at radius 1 is 1.26 bits per heavy atom. The van der Waals surface area contributed by atoms with E-state index in [1.807, 2.05) is 6.07 Å². The van der Waals surface area contributed by atoms with E-state index in [2.05, 4.69) is 23.3 Å². The Morgan fingerprint density at radius 2 is 2.00 bits per heavy atom. The molecule has 0 aliphatic carbocycles. The second-order valence-electron chi connectivity index (χ2n) is 4.31. The number of ketones is 1. The van der Waals surface area contributed by atoms with Gasteiger partial charge in [-0.2, -0.15) is 0 Å². The van der Waals surface area contributed by atoms with Crippen LogP contribution in [0.25, 0.3) is 0 Å². The van der Waals surface area contributed by atoms with Crippen molar-refractivity contribution in [2.75, 3.05) is 13.1 Å². The lowest BCUT2D eigenvalue weighted by atomic mass is 10.1. The van der Waals surface area contributed by atoms with Gasteiger partial charge in [0.2, 0.25) is 0 Å². The maximum atomic E-state index is 12.2. The third-order valence-electron chi connectivity index (χ3n) is 2.94. The highest BCUT2D eigenvalue weighted by molar-refractivity contribution is 7.09. The van der Waals surface area contributed by atoms with Crippen molar-refractivity contribution in [3.8, 4) is 0 Å². The third-order valence-corrected chi connectivity index (χ3v) is 4.05. The molecule has 1 aromatic heterocycles. The Kier molecular flexibility index (Phi) is 5.14. The van der Waals surface area contributed by atoms with Crippen LogP contribution in [0.2, 0.25) is 5.02 Å². The van der Waals surface area contributed by atoms with Crippen molar-refractivity contribution >= 4 is 28.7 Å². The molecule has 0 amide bonds. The largest absolute Gasteiger partial charge is 0.293 e. The molecule has 4 heteroatoms. The molecule has 1 heterocycles. The summed E-state index contributed by atoms with van der Waals surface area (Å²) in [5.74, 6) is 0.134. The first-order valence-electron chi connectivity index (χ1n) is 6.22. The van der Waals surface area contributed by atoms with Gasteiger partial charge in [0.25, 0.3) is 0 Å². The Labute approximate surface area is 122 Å². The van der Waals surface area contributed by atoms with Gasteiger partial charge in [-0.25, -0.2) is 0 Å². The molecule has 0 spiro atoms. The van der Waals surface area contributed by atoms with Crippen LogP contribution in [0.1, 0.15) is 22.2 Å². The molecule has 19 heavy (non-hydrogen) atoms. The molecule has 2 aromatic rings. The van der Waals surface area contributed by atoms with Crippen LogP contribution in [0.3, 0.4) is 0 Å². The minimum atomic E-state index is 0.134. The van der Waals surface area contributed by atoms with Crippen molar-refractivity contribution in [3.63, 3.8) is 0 Å². The van der Waals surface area contributed by atoms with E-state index >= 15 is 0 Å². The molecule has 0 aliphatic heterocycles. The van der Waals surface area contributed by atoms with Crippen LogP contribution >= 0.6 is 22.9 Å². The maximum Gasteiger partial charge on any atom is 0.176 e. The Morgan fingerprint density at radius 3 is 2.58 bits per heavy atom. The number of Topliss-reactive ketones (excluding diaryl/α,β-unsaturated/α-hetero) is 1. The van der Waals surface area contributed by atoms with Crippen molar-refractivity contribution in [3.05, 3.63) is 57.2 Å². The van der Waals surface area contributed by atoms with Crippen molar-refractivity contribution in [2.45, 2.75) is 13.5 Å². The van der Waals surface area contributed by atoms with E-state index in [0.717, 1.165) is 13.1 Å². The molecule has 1 aromatic carbocycles. The number of halogens is 1. The van der Waals surface area contributed by atoms with Crippen LogP contribution in [0, 0.1) is 0 Å². The number of carbonyl (C=O) groups is 1. The van der Waals surface area contributed by atoms with Crippen molar-refractivity contribution in [1.29, 1.82) is 0 Å². The first-order chi connectivity index (χ1) is 9.19. The van der Waals surface area contributed by atoms with E-state index in [0.29, 0.717) is 17.1 Å². The number of likely N-dealkylation sites (N-methyl/N-ethyl adjacent to an activating group) is 1. The van der Waals surface area contributed by atoms with Gasteiger partial charge in [0.05, 0.1) is 6.54 Å². The van der Waals surface area contributed by atoms with Gasteiger partial charge in [0.15, 0.2) is 5.78 Å². The predicted molar refractivity (Wildman–Crippen MR) is 81.1 cm³/mol. The number of rotatable bonds is 6. The van der Waals surface area contributed by atoms with E-state index in [1.54, 1.807) is 35.6 Å². The van der Waals surface area contributed by atoms with Gasteiger partial charge in [-0.3, -0.25) is 9.69 Å². The fourth-order valence-corrected chi connectivity index (χ4v) is 2.70. The number of hydrogen-bond donors (Lipinski definition) is 0. The van der Waals surface area contributed by atoms with Crippen molar-refractivity contribution in [1.82, 2.24) is 4.90 Å². The molecule has 0 bridgehead atoms. The Hall–Kier alpha value is -1.16. The summed E-state index contributed by atoms with van der Waals surface area (Å²) >= 11 is 7.54. The van der Waals surface area contributed by atoms with E-state index in [-0.39, 0.29) is 5.78 Å². The van der Waals surface area contributed by atoms with Gasteiger partial charge in [0, 0.05) is 22.0 Å². The fraction of sp³-hybridized carbons (Fsp3) is 0.267. The number of thiophene rings is 1. The lowest BCUT2D eigenvalue weighted by Gasteiger charge is -2.18. The van der Waals surface area contributed by atoms with Crippen molar-refractivity contribution in [2.24, 2.45) is 0 Å². The van der Waals surface area contributed by atoms with E-state index < -0.39 is 0 Å². The molecular formula is C15H16ClNOS. The molecule has 0 saturated carbocycles. The predicted octanol–water partition coefficient (Wildman–Crippen LogP) is 4.11. The maximum absolute atomic E-state index is 12.2. The highest BCUT2D eigenvalue weighted by atomic mass is 35.5. The third kappa shape index (κ3) is 4.16. The normalized spacial score (nSPS) is 10.9. The number of hydrogen-bond acceptors (Lipinski definition) is 3. The lowest BCUT2D eigenvalue weighted by Crippen LogP contribution is -2.29. The molecule has 0 atom stereocenters. The van der Waals surface area contributed by atoms with Gasteiger partial charge in [0.1, 0.15) is 0 Å². The van der Waals surface area contributed by atoms with Crippen LogP contribution in [0.4, 0.5) is 0 Å². The molecule has 0 unspecified atom stereocenters. The van der Waals surface area contributed by atoms with Gasteiger partial charge < -0.3 is 0 Å². The fourth-order valence-electron chi connectivity index (χ4n) is 1.83. The molecule has 100 valence electrons. The van der Waals surface area contributed by atoms with Crippen molar-refractivity contribution < 1.29 is 4.79 Å². The first-order valence-corrected chi connectivity index (χ1v) is 7.48. The quantitative estimate of drug-likeness (QED) is 0.747. The van der Waals surface area contributed by atoms with Crippen LogP contribution in [-0.4, -0.2) is 23.8 Å². The average Bonchev–Trinajstić information content (AvgIpc) is 2.91. The van der Waals surface area contributed by atoms with E-state index in [4.69, 9.17) is 11.6 Å². The molecule has 0 fully saturated rings. The first kappa shape index (κ1) is 14.3. The van der Waals surface area contributed by atoms with E-state index in [1.165, 1.54) is 4.88 Å². The van der Waals surface area contributed by atoms with Crippen LogP contribution < -0.4 is 0 Å². The molecule has 2 nitrogen and oxygen atoms in total. The minimum Gasteiger partial charge on any atom is -0.293 e. The molecular weight excluding hydrogens is 278 g/mol. The zero-order valence-corrected chi connectivity index (χ0v) is 12.4. The summed E-state index contributed by atoms with van der Waals surface area (Å²) in [6, 6.07) is 11.2. The molecule has 0 aliphatic rings. The van der Waals surface area contributed by atoms with Crippen LogP contribution in [-0.2, 0) is 6.54 Å². The van der Waals surface area contributed by atoms with Gasteiger partial charge in [-0.15, -0.1) is 11.3 Å². The van der Waals surface area contributed by atoms with E-state index in [9.17, 15) is 4.79 Å². The number of nitrogens with zero attached hydrogens (tertiary/aromatic N) is 1. The van der Waals surface area contributed by atoms with Gasteiger partial charge in [-0.1, -0.05) is 24.6 Å². The zero-order chi connectivity index (χ0) is 13.7. The highest BCUT2D eigenvalue weighted by Gasteiger charge is 2.12. The summed E-state index contributed by atoms with van der Waals surface area (Å²) in [4.78, 5) is 15.6. The van der Waals surface area contributed by atoms with Gasteiger partial charge >= 0.3 is 0 Å². The van der Waals surface area contributed by atoms with Crippen LogP contribution in [0.15, 0.2) is 41.8 Å². The zero-order valence-electron chi connectivity index (χ0n) is 10.8. The smallest absolute Gasteiger partial charge is 0.176 e. The number of carbonyl (C=O) groups excluding carboxylic acids is 1.